The molecule has 4 rings (SSSR count). The first-order valence-electron chi connectivity index (χ1n) is 8.81. The van der Waals surface area contributed by atoms with Gasteiger partial charge in [0.1, 0.15) is 6.10 Å². The van der Waals surface area contributed by atoms with Gasteiger partial charge in [-0.25, -0.2) is 4.79 Å². The van der Waals surface area contributed by atoms with Crippen LogP contribution >= 0.6 is 12.4 Å². The first-order valence-corrected chi connectivity index (χ1v) is 8.81. The summed E-state index contributed by atoms with van der Waals surface area (Å²) in [4.78, 5) is 14.4. The van der Waals surface area contributed by atoms with E-state index < -0.39 is 0 Å². The maximum absolute atomic E-state index is 11.9. The molecule has 4 heteroatoms. The van der Waals surface area contributed by atoms with Gasteiger partial charge in [0.05, 0.1) is 5.56 Å². The number of fused-ring (bicyclic) bond motifs is 2. The van der Waals surface area contributed by atoms with Crippen molar-refractivity contribution < 1.29 is 9.53 Å². The lowest BCUT2D eigenvalue weighted by Crippen LogP contribution is -2.31. The molecule has 2 aromatic rings. The van der Waals surface area contributed by atoms with Gasteiger partial charge >= 0.3 is 5.97 Å². The van der Waals surface area contributed by atoms with E-state index in [9.17, 15) is 4.79 Å². The average molecular weight is 358 g/mol. The smallest absolute Gasteiger partial charge is 0.339 e. The number of nitrogens with zero attached hydrogens (tertiary/aromatic N) is 1. The Bertz CT molecular complexity index is 774. The SMILES string of the molecule is Cc1ccc2c(c1)CN(CCCC1OC(=O)c3ccccc31)CC2.Cl. The van der Waals surface area contributed by atoms with Gasteiger partial charge in [-0.3, -0.25) is 4.90 Å². The standard InChI is InChI=1S/C21H23NO2.ClH/c1-15-8-9-16-10-12-22(14-17(16)13-15)11-4-7-20-18-5-2-3-6-19(18)21(23)24-20;/h2-3,5-6,8-9,13,20H,4,7,10-12,14H2,1H3;1H. The molecule has 0 N–H and O–H groups in total. The number of esters is 1. The summed E-state index contributed by atoms with van der Waals surface area (Å²) in [7, 11) is 0. The number of hydrogen-bond donors (Lipinski definition) is 0. The van der Waals surface area contributed by atoms with E-state index in [1.165, 1.54) is 16.7 Å². The van der Waals surface area contributed by atoms with Crippen molar-refractivity contribution in [3.05, 3.63) is 70.3 Å². The van der Waals surface area contributed by atoms with Gasteiger partial charge in [0.15, 0.2) is 0 Å². The summed E-state index contributed by atoms with van der Waals surface area (Å²) >= 11 is 0. The normalized spacial score (nSPS) is 18.9. The van der Waals surface area contributed by atoms with Crippen LogP contribution in [0.1, 0.15) is 51.6 Å². The van der Waals surface area contributed by atoms with Crippen molar-refractivity contribution >= 4 is 18.4 Å². The largest absolute Gasteiger partial charge is 0.454 e. The summed E-state index contributed by atoms with van der Waals surface area (Å²) in [5.74, 6) is -0.169. The lowest BCUT2D eigenvalue weighted by Gasteiger charge is -2.29. The molecule has 2 aliphatic heterocycles. The fraction of sp³-hybridized carbons (Fsp3) is 0.381. The number of rotatable bonds is 4. The molecule has 0 aliphatic carbocycles. The number of carbonyl (C=O) groups excluding carboxylic acids is 1. The topological polar surface area (TPSA) is 29.5 Å². The van der Waals surface area contributed by atoms with E-state index in [1.807, 2.05) is 24.3 Å². The number of benzene rings is 2. The molecule has 0 amide bonds. The minimum Gasteiger partial charge on any atom is -0.454 e. The highest BCUT2D eigenvalue weighted by atomic mass is 35.5. The molecule has 132 valence electrons. The maximum Gasteiger partial charge on any atom is 0.339 e. The molecule has 1 atom stereocenters. The maximum atomic E-state index is 11.9. The Balaban J connectivity index is 0.00000182. The van der Waals surface area contributed by atoms with Crippen LogP contribution in [0.5, 0.6) is 0 Å². The quantitative estimate of drug-likeness (QED) is 0.756. The van der Waals surface area contributed by atoms with Crippen LogP contribution in [0.15, 0.2) is 42.5 Å². The zero-order valence-corrected chi connectivity index (χ0v) is 15.3. The van der Waals surface area contributed by atoms with Gasteiger partial charge in [0.2, 0.25) is 0 Å². The highest BCUT2D eigenvalue weighted by Crippen LogP contribution is 2.33. The molecule has 3 nitrogen and oxygen atoms in total. The van der Waals surface area contributed by atoms with Crippen molar-refractivity contribution in [1.82, 2.24) is 4.90 Å². The van der Waals surface area contributed by atoms with Crippen LogP contribution in [-0.2, 0) is 17.7 Å². The van der Waals surface area contributed by atoms with Crippen molar-refractivity contribution in [3.8, 4) is 0 Å². The number of cyclic esters (lactones) is 1. The number of aryl methyl sites for hydroxylation is 1. The van der Waals surface area contributed by atoms with Gasteiger partial charge in [-0.05, 0) is 49.9 Å². The number of hydrogen-bond acceptors (Lipinski definition) is 3. The highest BCUT2D eigenvalue weighted by Gasteiger charge is 2.30. The van der Waals surface area contributed by atoms with Gasteiger partial charge < -0.3 is 4.74 Å². The molecule has 0 spiro atoms. The second-order valence-electron chi connectivity index (χ2n) is 6.92. The summed E-state index contributed by atoms with van der Waals surface area (Å²) in [6.07, 6.45) is 3.03. The van der Waals surface area contributed by atoms with Crippen LogP contribution in [0.3, 0.4) is 0 Å². The van der Waals surface area contributed by atoms with Crippen LogP contribution < -0.4 is 0 Å². The number of halogens is 1. The van der Waals surface area contributed by atoms with Gasteiger partial charge in [-0.2, -0.15) is 0 Å². The Morgan fingerprint density at radius 2 is 2.00 bits per heavy atom. The third kappa shape index (κ3) is 3.73. The predicted octanol–water partition coefficient (Wildman–Crippen LogP) is 4.47. The fourth-order valence-electron chi connectivity index (χ4n) is 3.87. The molecule has 0 fully saturated rings. The lowest BCUT2D eigenvalue weighted by molar-refractivity contribution is 0.0357. The van der Waals surface area contributed by atoms with E-state index in [0.29, 0.717) is 0 Å². The predicted molar refractivity (Wildman–Crippen MR) is 101 cm³/mol. The van der Waals surface area contributed by atoms with Crippen LogP contribution in [0.4, 0.5) is 0 Å². The van der Waals surface area contributed by atoms with Crippen LogP contribution in [0.2, 0.25) is 0 Å². The molecule has 0 bridgehead atoms. The molecule has 2 aromatic carbocycles. The Labute approximate surface area is 155 Å². The molecule has 25 heavy (non-hydrogen) atoms. The Morgan fingerprint density at radius 3 is 2.88 bits per heavy atom. The van der Waals surface area contributed by atoms with Crippen LogP contribution in [0, 0.1) is 6.92 Å². The van der Waals surface area contributed by atoms with Crippen LogP contribution in [0.25, 0.3) is 0 Å². The van der Waals surface area contributed by atoms with E-state index in [0.717, 1.165) is 50.0 Å². The third-order valence-electron chi connectivity index (χ3n) is 5.17. The summed E-state index contributed by atoms with van der Waals surface area (Å²) in [6.45, 7) is 5.38. The van der Waals surface area contributed by atoms with Gasteiger partial charge in [0.25, 0.3) is 0 Å². The van der Waals surface area contributed by atoms with Crippen molar-refractivity contribution in [1.29, 1.82) is 0 Å². The molecule has 0 radical (unpaired) electrons. The fourth-order valence-corrected chi connectivity index (χ4v) is 3.87. The van der Waals surface area contributed by atoms with E-state index in [-0.39, 0.29) is 24.5 Å². The lowest BCUT2D eigenvalue weighted by atomic mass is 9.97. The number of ether oxygens (including phenoxy) is 1. The molecule has 0 saturated carbocycles. The van der Waals surface area contributed by atoms with Crippen molar-refractivity contribution in [2.45, 2.75) is 38.8 Å². The Morgan fingerprint density at radius 1 is 1.16 bits per heavy atom. The van der Waals surface area contributed by atoms with Crippen molar-refractivity contribution in [2.24, 2.45) is 0 Å². The van der Waals surface area contributed by atoms with Crippen molar-refractivity contribution in [2.75, 3.05) is 13.1 Å². The molecule has 2 heterocycles. The number of carbonyl (C=O) groups is 1. The zero-order valence-electron chi connectivity index (χ0n) is 14.5. The Kier molecular flexibility index (Phi) is 5.45. The third-order valence-corrected chi connectivity index (χ3v) is 5.17. The van der Waals surface area contributed by atoms with Gasteiger partial charge in [-0.1, -0.05) is 42.0 Å². The van der Waals surface area contributed by atoms with Crippen LogP contribution in [-0.4, -0.2) is 24.0 Å². The summed E-state index contributed by atoms with van der Waals surface area (Å²) < 4.78 is 5.54. The van der Waals surface area contributed by atoms with E-state index in [4.69, 9.17) is 4.74 Å². The molecule has 2 aliphatic rings. The zero-order chi connectivity index (χ0) is 16.5. The first kappa shape index (κ1) is 18.0. The monoisotopic (exact) mass is 357 g/mol. The summed E-state index contributed by atoms with van der Waals surface area (Å²) in [5, 5.41) is 0. The van der Waals surface area contributed by atoms with Crippen molar-refractivity contribution in [3.63, 3.8) is 0 Å². The van der Waals surface area contributed by atoms with E-state index in [1.54, 1.807) is 0 Å². The molecule has 1 unspecified atom stereocenters. The van der Waals surface area contributed by atoms with Gasteiger partial charge in [0, 0.05) is 18.7 Å². The highest BCUT2D eigenvalue weighted by molar-refractivity contribution is 5.93. The Hall–Kier alpha value is -1.84. The average Bonchev–Trinajstić information content (AvgIpc) is 2.91. The molecular formula is C21H24ClNO2. The van der Waals surface area contributed by atoms with Gasteiger partial charge in [-0.15, -0.1) is 12.4 Å². The minimum atomic E-state index is -0.169. The molecular weight excluding hydrogens is 334 g/mol. The molecule has 0 saturated heterocycles. The second kappa shape index (κ2) is 7.59. The summed E-state index contributed by atoms with van der Waals surface area (Å²) in [5.41, 5.74) is 6.10. The second-order valence-corrected chi connectivity index (χ2v) is 6.92. The van der Waals surface area contributed by atoms with E-state index >= 15 is 0 Å². The molecule has 0 aromatic heterocycles. The van der Waals surface area contributed by atoms with E-state index in [2.05, 4.69) is 30.0 Å². The first-order chi connectivity index (χ1) is 11.7. The summed E-state index contributed by atoms with van der Waals surface area (Å²) in [6, 6.07) is 14.6. The minimum absolute atomic E-state index is 0.